The van der Waals surface area contributed by atoms with Crippen LogP contribution in [-0.2, 0) is 32.8 Å². The number of halogens is 1. The zero-order chi connectivity index (χ0) is 27.0. The number of para-hydroxylation sites is 1. The smallest absolute Gasteiger partial charge is 0.304 e. The first-order valence-corrected chi connectivity index (χ1v) is 13.1. The molecule has 0 bridgehead atoms. The Morgan fingerprint density at radius 1 is 0.865 bits per heavy atom. The number of amides is 2. The molecule has 3 aromatic carbocycles. The van der Waals surface area contributed by atoms with Gasteiger partial charge in [-0.2, -0.15) is 12.7 Å². The molecule has 0 saturated heterocycles. The van der Waals surface area contributed by atoms with E-state index >= 15 is 0 Å². The zero-order valence-corrected chi connectivity index (χ0v) is 21.9. The summed E-state index contributed by atoms with van der Waals surface area (Å²) in [6, 6.07) is 22.2. The van der Waals surface area contributed by atoms with Gasteiger partial charge in [-0.15, -0.1) is 0 Å². The Bertz CT molecular complexity index is 1290. The Morgan fingerprint density at radius 2 is 1.43 bits per heavy atom. The highest BCUT2D eigenvalue weighted by molar-refractivity contribution is 7.90. The van der Waals surface area contributed by atoms with Crippen LogP contribution in [0.25, 0.3) is 0 Å². The largest absolute Gasteiger partial charge is 0.357 e. The molecule has 0 fully saturated rings. The van der Waals surface area contributed by atoms with Gasteiger partial charge in [0.05, 0.1) is 5.69 Å². The maximum Gasteiger partial charge on any atom is 0.304 e. The Hall–Kier alpha value is -3.76. The van der Waals surface area contributed by atoms with Gasteiger partial charge in [-0.25, -0.2) is 8.70 Å². The fourth-order valence-corrected chi connectivity index (χ4v) is 4.87. The number of hydrogen-bond acceptors (Lipinski definition) is 4. The molecule has 3 rings (SSSR count). The van der Waals surface area contributed by atoms with Crippen LogP contribution < -0.4 is 9.62 Å². The van der Waals surface area contributed by atoms with E-state index in [9.17, 15) is 22.4 Å². The Kier molecular flexibility index (Phi) is 9.37. The van der Waals surface area contributed by atoms with E-state index in [4.69, 9.17) is 0 Å². The molecule has 0 heterocycles. The quantitative estimate of drug-likeness (QED) is 0.416. The lowest BCUT2D eigenvalue weighted by Gasteiger charge is -2.34. The van der Waals surface area contributed by atoms with E-state index in [1.54, 1.807) is 30.3 Å². The van der Waals surface area contributed by atoms with Gasteiger partial charge in [0, 0.05) is 34.1 Å². The van der Waals surface area contributed by atoms with Gasteiger partial charge in [0.2, 0.25) is 11.8 Å². The standard InChI is InChI=1S/C27H31FN4O4S/c1-29-27(34)25(18-21-10-6-4-7-11-21)31(19-22-14-16-23(28)17-15-22)26(33)20-32(37(35,36)30(2)3)24-12-8-5-9-13-24/h4-17,25H,18-20H2,1-3H3,(H,29,34)/t25-/m1/s1. The topological polar surface area (TPSA) is 90.0 Å². The molecule has 0 unspecified atom stereocenters. The van der Waals surface area contributed by atoms with Crippen molar-refractivity contribution in [2.45, 2.75) is 19.0 Å². The monoisotopic (exact) mass is 526 g/mol. The van der Waals surface area contributed by atoms with Crippen LogP contribution in [0.5, 0.6) is 0 Å². The maximum absolute atomic E-state index is 13.9. The van der Waals surface area contributed by atoms with Crippen molar-refractivity contribution in [1.29, 1.82) is 0 Å². The summed E-state index contributed by atoms with van der Waals surface area (Å²) in [4.78, 5) is 28.3. The Morgan fingerprint density at radius 3 is 1.97 bits per heavy atom. The summed E-state index contributed by atoms with van der Waals surface area (Å²) in [5.41, 5.74) is 1.73. The fraction of sp³-hybridized carbons (Fsp3) is 0.259. The van der Waals surface area contributed by atoms with E-state index in [-0.39, 0.29) is 13.0 Å². The minimum atomic E-state index is -4.04. The predicted octanol–water partition coefficient (Wildman–Crippen LogP) is 2.82. The number of nitrogens with one attached hydrogen (secondary N) is 1. The number of nitrogens with zero attached hydrogens (tertiary/aromatic N) is 3. The van der Waals surface area contributed by atoms with Crippen molar-refractivity contribution in [2.24, 2.45) is 0 Å². The van der Waals surface area contributed by atoms with Crippen molar-refractivity contribution >= 4 is 27.7 Å². The van der Waals surface area contributed by atoms with Gasteiger partial charge < -0.3 is 10.2 Å². The second-order valence-electron chi connectivity index (χ2n) is 8.60. The van der Waals surface area contributed by atoms with Gasteiger partial charge in [0.15, 0.2) is 0 Å². The van der Waals surface area contributed by atoms with E-state index in [1.165, 1.54) is 50.3 Å². The van der Waals surface area contributed by atoms with Crippen LogP contribution in [0.4, 0.5) is 10.1 Å². The molecule has 0 aliphatic heterocycles. The average molecular weight is 527 g/mol. The SMILES string of the molecule is CNC(=O)[C@@H](Cc1ccccc1)N(Cc1ccc(F)cc1)C(=O)CN(c1ccccc1)S(=O)(=O)N(C)C. The van der Waals surface area contributed by atoms with Crippen LogP contribution in [-0.4, -0.2) is 63.2 Å². The molecule has 10 heteroatoms. The van der Waals surface area contributed by atoms with Gasteiger partial charge in [-0.1, -0.05) is 60.7 Å². The van der Waals surface area contributed by atoms with Crippen molar-refractivity contribution in [3.05, 3.63) is 102 Å². The van der Waals surface area contributed by atoms with E-state index < -0.39 is 40.4 Å². The molecule has 1 N–H and O–H groups in total. The van der Waals surface area contributed by atoms with Crippen LogP contribution in [0, 0.1) is 5.82 Å². The van der Waals surface area contributed by atoms with Crippen molar-refractivity contribution in [1.82, 2.24) is 14.5 Å². The minimum absolute atomic E-state index is 0.0192. The molecule has 0 radical (unpaired) electrons. The molecule has 3 aromatic rings. The highest BCUT2D eigenvalue weighted by Gasteiger charge is 2.34. The summed E-state index contributed by atoms with van der Waals surface area (Å²) < 4.78 is 42.0. The third-order valence-electron chi connectivity index (χ3n) is 5.85. The number of anilines is 1. The van der Waals surface area contributed by atoms with Crippen molar-refractivity contribution in [3.8, 4) is 0 Å². The summed E-state index contributed by atoms with van der Waals surface area (Å²) in [5.74, 6) is -1.41. The molecule has 0 saturated carbocycles. The molecule has 0 spiro atoms. The first-order valence-electron chi connectivity index (χ1n) is 11.7. The first kappa shape index (κ1) is 27.8. The summed E-state index contributed by atoms with van der Waals surface area (Å²) in [7, 11) is 0.207. The minimum Gasteiger partial charge on any atom is -0.357 e. The number of carbonyl (C=O) groups excluding carboxylic acids is 2. The van der Waals surface area contributed by atoms with Crippen LogP contribution in [0.15, 0.2) is 84.9 Å². The van der Waals surface area contributed by atoms with Crippen LogP contribution in [0.3, 0.4) is 0 Å². The summed E-state index contributed by atoms with van der Waals surface area (Å²) >= 11 is 0. The highest BCUT2D eigenvalue weighted by atomic mass is 32.2. The number of carbonyl (C=O) groups is 2. The van der Waals surface area contributed by atoms with Crippen LogP contribution in [0.2, 0.25) is 0 Å². The lowest BCUT2D eigenvalue weighted by molar-refractivity contribution is -0.139. The summed E-state index contributed by atoms with van der Waals surface area (Å²) in [6.07, 6.45) is 0.208. The molecule has 0 aliphatic carbocycles. The van der Waals surface area contributed by atoms with Gasteiger partial charge in [-0.05, 0) is 35.4 Å². The Balaban J connectivity index is 2.04. The number of likely N-dealkylation sites (N-methyl/N-ethyl adjacent to an activating group) is 1. The van der Waals surface area contributed by atoms with E-state index in [0.29, 0.717) is 11.3 Å². The Labute approximate surface area is 217 Å². The normalized spacial score (nSPS) is 12.1. The molecular formula is C27H31FN4O4S. The molecule has 0 aromatic heterocycles. The molecule has 37 heavy (non-hydrogen) atoms. The second-order valence-corrected chi connectivity index (χ2v) is 10.7. The van der Waals surface area contributed by atoms with E-state index in [0.717, 1.165) is 14.2 Å². The molecule has 8 nitrogen and oxygen atoms in total. The predicted molar refractivity (Wildman–Crippen MR) is 141 cm³/mol. The molecule has 1 atom stereocenters. The molecular weight excluding hydrogens is 495 g/mol. The average Bonchev–Trinajstić information content (AvgIpc) is 2.90. The van der Waals surface area contributed by atoms with Gasteiger partial charge >= 0.3 is 10.2 Å². The van der Waals surface area contributed by atoms with Crippen LogP contribution in [0.1, 0.15) is 11.1 Å². The number of rotatable bonds is 11. The van der Waals surface area contributed by atoms with E-state index in [2.05, 4.69) is 5.32 Å². The molecule has 0 aliphatic rings. The van der Waals surface area contributed by atoms with Crippen LogP contribution >= 0.6 is 0 Å². The van der Waals surface area contributed by atoms with Gasteiger partial charge in [-0.3, -0.25) is 9.59 Å². The van der Waals surface area contributed by atoms with Crippen molar-refractivity contribution < 1.29 is 22.4 Å². The second kappa shape index (κ2) is 12.5. The maximum atomic E-state index is 13.9. The van der Waals surface area contributed by atoms with Gasteiger partial charge in [0.25, 0.3) is 0 Å². The number of benzene rings is 3. The lowest BCUT2D eigenvalue weighted by atomic mass is 10.0. The number of hydrogen-bond donors (Lipinski definition) is 1. The third-order valence-corrected chi connectivity index (χ3v) is 7.67. The third kappa shape index (κ3) is 7.14. The van der Waals surface area contributed by atoms with Gasteiger partial charge in [0.1, 0.15) is 18.4 Å². The van der Waals surface area contributed by atoms with Crippen molar-refractivity contribution in [2.75, 3.05) is 32.0 Å². The molecule has 196 valence electrons. The first-order chi connectivity index (χ1) is 17.6. The highest BCUT2D eigenvalue weighted by Crippen LogP contribution is 2.21. The lowest BCUT2D eigenvalue weighted by Crippen LogP contribution is -2.53. The molecule has 2 amide bonds. The van der Waals surface area contributed by atoms with E-state index in [1.807, 2.05) is 30.3 Å². The summed E-state index contributed by atoms with van der Waals surface area (Å²) in [6.45, 7) is -0.553. The fourth-order valence-electron chi connectivity index (χ4n) is 3.82. The van der Waals surface area contributed by atoms with Crippen molar-refractivity contribution in [3.63, 3.8) is 0 Å². The zero-order valence-electron chi connectivity index (χ0n) is 21.0. The summed E-state index contributed by atoms with van der Waals surface area (Å²) in [5, 5.41) is 2.62.